The van der Waals surface area contributed by atoms with Crippen molar-refractivity contribution in [1.82, 2.24) is 5.32 Å². The normalized spacial score (nSPS) is 9.00. The van der Waals surface area contributed by atoms with Gasteiger partial charge in [0, 0.05) is 5.54 Å². The molecule has 0 aromatic rings. The van der Waals surface area contributed by atoms with Crippen molar-refractivity contribution in [3.8, 4) is 0 Å². The topological polar surface area (TPSA) is 12.0 Å². The smallest absolute Gasteiger partial charge is 0.0283 e. The van der Waals surface area contributed by atoms with Gasteiger partial charge in [0.25, 0.3) is 0 Å². The summed E-state index contributed by atoms with van der Waals surface area (Å²) in [6.07, 6.45) is 1.71. The van der Waals surface area contributed by atoms with Crippen LogP contribution in [-0.2, 0) is 0 Å². The summed E-state index contributed by atoms with van der Waals surface area (Å²) in [4.78, 5) is 0. The van der Waals surface area contributed by atoms with Crippen LogP contribution in [0.1, 0.15) is 34.6 Å². The average Bonchev–Trinajstić information content (AvgIpc) is 1.69. The first-order chi connectivity index (χ1) is 4.06. The molecule has 0 spiro atoms. The van der Waals surface area contributed by atoms with Gasteiger partial charge in [-0.3, -0.25) is 0 Å². The fourth-order valence-electron chi connectivity index (χ4n) is 0.306. The van der Waals surface area contributed by atoms with Crippen molar-refractivity contribution in [2.24, 2.45) is 0 Å². The largest absolute Gasteiger partial charge is 0.387 e. The second-order valence-corrected chi connectivity index (χ2v) is 2.60. The third kappa shape index (κ3) is 18.5. The molecule has 0 aromatic carbocycles. The second-order valence-electron chi connectivity index (χ2n) is 2.60. The first kappa shape index (κ1) is 11.4. The van der Waals surface area contributed by atoms with Crippen LogP contribution in [0.15, 0.2) is 12.8 Å². The molecule has 0 aromatic heterocycles. The molecule has 0 fully saturated rings. The summed E-state index contributed by atoms with van der Waals surface area (Å²) in [6, 6.07) is 0. The maximum absolute atomic E-state index is 3.53. The Morgan fingerprint density at radius 1 is 1.22 bits per heavy atom. The van der Waals surface area contributed by atoms with Gasteiger partial charge in [-0.05, 0) is 27.0 Å². The number of nitrogens with one attached hydrogen (secondary N) is 1. The van der Waals surface area contributed by atoms with Crippen molar-refractivity contribution in [2.75, 3.05) is 0 Å². The molecular weight excluding hydrogens is 110 g/mol. The first-order valence-electron chi connectivity index (χ1n) is 3.45. The van der Waals surface area contributed by atoms with Gasteiger partial charge >= 0.3 is 0 Å². The lowest BCUT2D eigenvalue weighted by Gasteiger charge is -2.17. The van der Waals surface area contributed by atoms with E-state index in [-0.39, 0.29) is 5.54 Å². The molecule has 0 saturated carbocycles. The number of hydrogen-bond acceptors (Lipinski definition) is 1. The van der Waals surface area contributed by atoms with E-state index in [1.54, 1.807) is 6.20 Å². The lowest BCUT2D eigenvalue weighted by Crippen LogP contribution is -2.30. The highest BCUT2D eigenvalue weighted by atomic mass is 14.9. The van der Waals surface area contributed by atoms with E-state index in [1.807, 2.05) is 13.8 Å². The maximum Gasteiger partial charge on any atom is 0.0283 e. The van der Waals surface area contributed by atoms with E-state index in [1.165, 1.54) is 0 Å². The van der Waals surface area contributed by atoms with Gasteiger partial charge in [-0.15, -0.1) is 0 Å². The van der Waals surface area contributed by atoms with Crippen molar-refractivity contribution >= 4 is 0 Å². The standard InChI is InChI=1S/C6H13N.C2H6/c1-5-7-6(2,3)4;1-2/h5,7H,1H2,2-4H3;1-2H3. The van der Waals surface area contributed by atoms with Crippen molar-refractivity contribution < 1.29 is 0 Å². The van der Waals surface area contributed by atoms with Crippen LogP contribution < -0.4 is 5.32 Å². The van der Waals surface area contributed by atoms with Crippen LogP contribution >= 0.6 is 0 Å². The fraction of sp³-hybridized carbons (Fsp3) is 0.750. The van der Waals surface area contributed by atoms with Crippen molar-refractivity contribution in [3.63, 3.8) is 0 Å². The molecule has 0 aliphatic rings. The summed E-state index contributed by atoms with van der Waals surface area (Å²) < 4.78 is 0. The van der Waals surface area contributed by atoms with Gasteiger partial charge in [0.2, 0.25) is 0 Å². The van der Waals surface area contributed by atoms with E-state index in [0.717, 1.165) is 0 Å². The van der Waals surface area contributed by atoms with Crippen LogP contribution in [0.3, 0.4) is 0 Å². The lowest BCUT2D eigenvalue weighted by molar-refractivity contribution is 0.492. The summed E-state index contributed by atoms with van der Waals surface area (Å²) in [5.74, 6) is 0. The van der Waals surface area contributed by atoms with E-state index >= 15 is 0 Å². The predicted octanol–water partition coefficient (Wildman–Crippen LogP) is 2.54. The Balaban J connectivity index is 0. The molecule has 0 amide bonds. The molecule has 0 saturated heterocycles. The van der Waals surface area contributed by atoms with E-state index in [9.17, 15) is 0 Å². The van der Waals surface area contributed by atoms with Crippen LogP contribution in [0.5, 0.6) is 0 Å². The second kappa shape index (κ2) is 5.67. The Bertz CT molecular complexity index is 59.5. The van der Waals surface area contributed by atoms with E-state index < -0.39 is 0 Å². The minimum atomic E-state index is 0.182. The first-order valence-corrected chi connectivity index (χ1v) is 3.45. The summed E-state index contributed by atoms with van der Waals surface area (Å²) in [7, 11) is 0. The maximum atomic E-state index is 3.53. The highest BCUT2D eigenvalue weighted by Crippen LogP contribution is 1.96. The lowest BCUT2D eigenvalue weighted by atomic mass is 10.1. The third-order valence-corrected chi connectivity index (χ3v) is 0.535. The van der Waals surface area contributed by atoms with E-state index in [2.05, 4.69) is 32.7 Å². The highest BCUT2D eigenvalue weighted by Gasteiger charge is 2.02. The predicted molar refractivity (Wildman–Crippen MR) is 44.4 cm³/mol. The van der Waals surface area contributed by atoms with Gasteiger partial charge in [0.15, 0.2) is 0 Å². The van der Waals surface area contributed by atoms with Gasteiger partial charge in [0.05, 0.1) is 0 Å². The van der Waals surface area contributed by atoms with Gasteiger partial charge in [-0.2, -0.15) is 0 Å². The Morgan fingerprint density at radius 3 is 1.56 bits per heavy atom. The molecule has 0 aliphatic heterocycles. The molecule has 0 unspecified atom stereocenters. The van der Waals surface area contributed by atoms with Crippen LogP contribution in [0.2, 0.25) is 0 Å². The zero-order valence-corrected chi connectivity index (χ0v) is 7.28. The van der Waals surface area contributed by atoms with Crippen LogP contribution in [0.4, 0.5) is 0 Å². The summed E-state index contributed by atoms with van der Waals surface area (Å²) in [6.45, 7) is 13.8. The molecular formula is C8H19N. The Hall–Kier alpha value is -0.460. The molecule has 0 radical (unpaired) electrons. The zero-order chi connectivity index (χ0) is 7.91. The Morgan fingerprint density at radius 2 is 1.56 bits per heavy atom. The molecule has 0 atom stereocenters. The van der Waals surface area contributed by atoms with E-state index in [0.29, 0.717) is 0 Å². The van der Waals surface area contributed by atoms with Gasteiger partial charge < -0.3 is 5.32 Å². The summed E-state index contributed by atoms with van der Waals surface area (Å²) >= 11 is 0. The fourth-order valence-corrected chi connectivity index (χ4v) is 0.306. The quantitative estimate of drug-likeness (QED) is 0.573. The molecule has 56 valence electrons. The molecule has 1 heteroatoms. The zero-order valence-electron chi connectivity index (χ0n) is 7.28. The molecule has 0 bridgehead atoms. The Labute approximate surface area is 59.2 Å². The minimum Gasteiger partial charge on any atom is -0.387 e. The van der Waals surface area contributed by atoms with Gasteiger partial charge in [-0.1, -0.05) is 20.4 Å². The highest BCUT2D eigenvalue weighted by molar-refractivity contribution is 4.77. The molecule has 1 N–H and O–H groups in total. The van der Waals surface area contributed by atoms with E-state index in [4.69, 9.17) is 0 Å². The third-order valence-electron chi connectivity index (χ3n) is 0.535. The van der Waals surface area contributed by atoms with Crippen LogP contribution in [-0.4, -0.2) is 5.54 Å². The van der Waals surface area contributed by atoms with Gasteiger partial charge in [0.1, 0.15) is 0 Å². The van der Waals surface area contributed by atoms with Gasteiger partial charge in [-0.25, -0.2) is 0 Å². The molecule has 9 heavy (non-hydrogen) atoms. The number of rotatable bonds is 1. The summed E-state index contributed by atoms with van der Waals surface area (Å²) in [5, 5.41) is 3.05. The van der Waals surface area contributed by atoms with Crippen molar-refractivity contribution in [1.29, 1.82) is 0 Å². The molecule has 0 rings (SSSR count). The van der Waals surface area contributed by atoms with Crippen LogP contribution in [0.25, 0.3) is 0 Å². The molecule has 0 aliphatic carbocycles. The average molecular weight is 129 g/mol. The molecule has 1 nitrogen and oxygen atoms in total. The monoisotopic (exact) mass is 129 g/mol. The number of hydrogen-bond donors (Lipinski definition) is 1. The van der Waals surface area contributed by atoms with Crippen molar-refractivity contribution in [3.05, 3.63) is 12.8 Å². The minimum absolute atomic E-state index is 0.182. The SMILES string of the molecule is C=CNC(C)(C)C.CC. The summed E-state index contributed by atoms with van der Waals surface area (Å²) in [5.41, 5.74) is 0.182. The van der Waals surface area contributed by atoms with Crippen molar-refractivity contribution in [2.45, 2.75) is 40.2 Å². The van der Waals surface area contributed by atoms with Crippen LogP contribution in [0, 0.1) is 0 Å². The molecule has 0 heterocycles. The Kier molecular flexibility index (Phi) is 7.15.